The van der Waals surface area contributed by atoms with Crippen LogP contribution in [0.4, 0.5) is 17.5 Å². The van der Waals surface area contributed by atoms with Gasteiger partial charge in [0.25, 0.3) is 5.91 Å². The Morgan fingerprint density at radius 2 is 1.66 bits per heavy atom. The van der Waals surface area contributed by atoms with Crippen molar-refractivity contribution in [2.75, 3.05) is 95.4 Å². The van der Waals surface area contributed by atoms with Gasteiger partial charge in [-0.1, -0.05) is 25.0 Å². The predicted molar refractivity (Wildman–Crippen MR) is 223 cm³/mol. The number of aldehydes is 2. The normalized spacial score (nSPS) is 18.0. The minimum Gasteiger partial charge on any atom is -0.382 e. The van der Waals surface area contributed by atoms with Crippen LogP contribution in [0.5, 0.6) is 0 Å². The van der Waals surface area contributed by atoms with Crippen molar-refractivity contribution in [3.8, 4) is 0 Å². The number of benzene rings is 1. The second-order valence-corrected chi connectivity index (χ2v) is 15.4. The average Bonchev–Trinajstić information content (AvgIpc) is 3.78. The van der Waals surface area contributed by atoms with Gasteiger partial charge in [0.1, 0.15) is 18.1 Å². The summed E-state index contributed by atoms with van der Waals surface area (Å²) in [4.78, 5) is 72.9. The molecule has 3 aliphatic rings. The summed E-state index contributed by atoms with van der Waals surface area (Å²) in [5.41, 5.74) is 1.66. The number of hydrogen-bond acceptors (Lipinski definition) is 16. The van der Waals surface area contributed by atoms with Crippen LogP contribution in [0.1, 0.15) is 77.6 Å². The van der Waals surface area contributed by atoms with Crippen molar-refractivity contribution in [1.29, 1.82) is 0 Å². The summed E-state index contributed by atoms with van der Waals surface area (Å²) in [6.07, 6.45) is 13.5. The zero-order chi connectivity index (χ0) is 41.1. The van der Waals surface area contributed by atoms with Crippen molar-refractivity contribution < 1.29 is 38.2 Å². The highest BCUT2D eigenvalue weighted by Crippen LogP contribution is 2.30. The topological polar surface area (TPSA) is 197 Å². The highest BCUT2D eigenvalue weighted by atomic mass is 32.2. The van der Waals surface area contributed by atoms with Crippen LogP contribution in [0.2, 0.25) is 0 Å². The molecule has 3 amide bonds. The van der Waals surface area contributed by atoms with E-state index in [2.05, 4.69) is 41.9 Å². The molecule has 58 heavy (non-hydrogen) atoms. The van der Waals surface area contributed by atoms with Crippen molar-refractivity contribution in [3.63, 3.8) is 0 Å². The zero-order valence-electron chi connectivity index (χ0n) is 33.5. The highest BCUT2D eigenvalue weighted by Gasteiger charge is 2.34. The van der Waals surface area contributed by atoms with Crippen LogP contribution in [0.15, 0.2) is 30.5 Å². The maximum Gasteiger partial charge on any atom is 0.257 e. The molecule has 1 aromatic carbocycles. The minimum atomic E-state index is -0.805. The first-order chi connectivity index (χ1) is 28.3. The maximum absolute atomic E-state index is 13.4. The molecule has 1 unspecified atom stereocenters. The molecule has 3 fully saturated rings. The van der Waals surface area contributed by atoms with Gasteiger partial charge in [0.2, 0.25) is 17.8 Å². The lowest BCUT2D eigenvalue weighted by Crippen LogP contribution is -2.53. The van der Waals surface area contributed by atoms with Gasteiger partial charge in [-0.3, -0.25) is 29.3 Å². The molecule has 1 atom stereocenters. The SMILES string of the molecule is CN(C(=O)c1c(C=O)cccc1NCCOCCOCCOCCNSN1CCC(Nc2ncc(/C=C\C=O)c(N(C)C3CCCC3)n2)CC1)C1CCC(=O)NC1=O. The number of aromatic nitrogens is 2. The fourth-order valence-corrected chi connectivity index (χ4v) is 7.96. The van der Waals surface area contributed by atoms with E-state index in [1.165, 1.54) is 30.9 Å². The molecule has 5 rings (SSSR count). The molecule has 17 nitrogen and oxygen atoms in total. The van der Waals surface area contributed by atoms with E-state index in [-0.39, 0.29) is 35.9 Å². The molecule has 18 heteroatoms. The van der Waals surface area contributed by atoms with E-state index in [0.717, 1.165) is 56.4 Å². The third-order valence-electron chi connectivity index (χ3n) is 10.4. The Morgan fingerprint density at radius 1 is 0.948 bits per heavy atom. The van der Waals surface area contributed by atoms with Crippen LogP contribution in [0.25, 0.3) is 6.08 Å². The van der Waals surface area contributed by atoms with E-state index < -0.39 is 17.9 Å². The van der Waals surface area contributed by atoms with Crippen LogP contribution < -0.4 is 25.6 Å². The van der Waals surface area contributed by atoms with Gasteiger partial charge in [0, 0.05) is 93.9 Å². The number of anilines is 3. The third-order valence-corrected chi connectivity index (χ3v) is 11.4. The molecule has 0 spiro atoms. The number of nitrogens with one attached hydrogen (secondary N) is 4. The Bertz CT molecular complexity index is 1700. The van der Waals surface area contributed by atoms with E-state index in [9.17, 15) is 24.0 Å². The van der Waals surface area contributed by atoms with Crippen molar-refractivity contribution in [1.82, 2.24) is 29.2 Å². The predicted octanol–water partition coefficient (Wildman–Crippen LogP) is 2.95. The summed E-state index contributed by atoms with van der Waals surface area (Å²) in [7, 11) is 3.58. The van der Waals surface area contributed by atoms with Crippen molar-refractivity contribution in [2.45, 2.75) is 69.5 Å². The summed E-state index contributed by atoms with van der Waals surface area (Å²) < 4.78 is 22.7. The van der Waals surface area contributed by atoms with Crippen LogP contribution in [-0.2, 0) is 28.6 Å². The molecule has 1 aliphatic carbocycles. The van der Waals surface area contributed by atoms with Crippen LogP contribution in [0, 0.1) is 0 Å². The van der Waals surface area contributed by atoms with Gasteiger partial charge in [-0.05, 0) is 50.3 Å². The largest absolute Gasteiger partial charge is 0.382 e. The Morgan fingerprint density at radius 3 is 2.34 bits per heavy atom. The molecule has 1 aromatic heterocycles. The summed E-state index contributed by atoms with van der Waals surface area (Å²) >= 11 is 1.62. The first-order valence-electron chi connectivity index (χ1n) is 20.1. The molecule has 2 aliphatic heterocycles. The van der Waals surface area contributed by atoms with Crippen molar-refractivity contribution in [2.24, 2.45) is 0 Å². The fourth-order valence-electron chi connectivity index (χ4n) is 7.21. The monoisotopic (exact) mass is 823 g/mol. The Kier molecular flexibility index (Phi) is 18.3. The smallest absolute Gasteiger partial charge is 0.257 e. The number of likely N-dealkylation sites (N-methyl/N-ethyl adjacent to an activating group) is 1. The summed E-state index contributed by atoms with van der Waals surface area (Å²) in [6, 6.07) is 4.84. The molecular formula is C40H57N9O8S. The van der Waals surface area contributed by atoms with Gasteiger partial charge in [-0.2, -0.15) is 4.98 Å². The lowest BCUT2D eigenvalue weighted by Gasteiger charge is -2.31. The number of allylic oxidation sites excluding steroid dienone is 1. The van der Waals surface area contributed by atoms with Gasteiger partial charge in [0.05, 0.1) is 45.2 Å². The van der Waals surface area contributed by atoms with Gasteiger partial charge in [-0.15, -0.1) is 0 Å². The summed E-state index contributed by atoms with van der Waals surface area (Å²) in [6.45, 7) is 5.51. The van der Waals surface area contributed by atoms with Gasteiger partial charge in [0.15, 0.2) is 6.29 Å². The number of amides is 3. The number of imide groups is 1. The first-order valence-corrected chi connectivity index (χ1v) is 20.9. The number of piperidine rings is 2. The number of nitrogens with zero attached hydrogens (tertiary/aromatic N) is 5. The summed E-state index contributed by atoms with van der Waals surface area (Å²) in [5.74, 6) is 0.0866. The number of hydrogen-bond donors (Lipinski definition) is 4. The van der Waals surface area contributed by atoms with Crippen LogP contribution in [0.3, 0.4) is 0 Å². The van der Waals surface area contributed by atoms with Gasteiger partial charge in [-0.25, -0.2) is 14.0 Å². The van der Waals surface area contributed by atoms with E-state index in [4.69, 9.17) is 19.2 Å². The fraction of sp³-hybridized carbons (Fsp3) is 0.575. The number of carbonyl (C=O) groups excluding carboxylic acids is 5. The van der Waals surface area contributed by atoms with Crippen LogP contribution >= 0.6 is 12.1 Å². The average molecular weight is 824 g/mol. The molecule has 2 saturated heterocycles. The highest BCUT2D eigenvalue weighted by molar-refractivity contribution is 7.95. The quantitative estimate of drug-likeness (QED) is 0.0396. The Hall–Kier alpha value is -4.46. The van der Waals surface area contributed by atoms with Gasteiger partial charge < -0.3 is 34.6 Å². The summed E-state index contributed by atoms with van der Waals surface area (Å²) in [5, 5.41) is 8.95. The second kappa shape index (κ2) is 23.8. The molecule has 0 bridgehead atoms. The number of carbonyl (C=O) groups is 5. The molecular weight excluding hydrogens is 767 g/mol. The van der Waals surface area contributed by atoms with Crippen molar-refractivity contribution >= 4 is 66.0 Å². The van der Waals surface area contributed by atoms with Crippen LogP contribution in [-0.4, -0.2) is 148 Å². The first kappa shape index (κ1) is 44.6. The van der Waals surface area contributed by atoms with E-state index >= 15 is 0 Å². The maximum atomic E-state index is 13.4. The van der Waals surface area contributed by atoms with E-state index in [1.54, 1.807) is 42.6 Å². The van der Waals surface area contributed by atoms with Gasteiger partial charge >= 0.3 is 0 Å². The Balaban J connectivity index is 0.882. The number of ether oxygens (including phenoxy) is 3. The third kappa shape index (κ3) is 13.3. The lowest BCUT2D eigenvalue weighted by atomic mass is 10.0. The van der Waals surface area contributed by atoms with E-state index in [1.807, 2.05) is 0 Å². The standard InChI is InChI=1S/C40H57N9O8S/c1-47(32-9-3-4-10-32)37-29(8-6-20-50)27-42-40(46-37)44-31-14-18-49(19-15-31)58-43-17-22-56-24-26-57-25-23-55-21-16-41-33-11-5-7-30(28-51)36(33)39(54)48(2)34-12-13-35(52)45-38(34)53/h5-8,11,20,27-28,31-32,34,41,43H,3-4,9-10,12-19,21-26H2,1-2H3,(H,42,44,46)(H,45,52,53)/b8-6-. The Labute approximate surface area is 344 Å². The lowest BCUT2D eigenvalue weighted by molar-refractivity contribution is -0.136. The van der Waals surface area contributed by atoms with Crippen molar-refractivity contribution in [3.05, 3.63) is 47.2 Å². The van der Waals surface area contributed by atoms with E-state index in [0.29, 0.717) is 76.7 Å². The molecule has 0 radical (unpaired) electrons. The zero-order valence-corrected chi connectivity index (χ0v) is 34.3. The number of rotatable bonds is 24. The molecule has 316 valence electrons. The second-order valence-electron chi connectivity index (χ2n) is 14.4. The molecule has 2 aromatic rings. The minimum absolute atomic E-state index is 0.138. The molecule has 1 saturated carbocycles. The molecule has 3 heterocycles. The molecule has 4 N–H and O–H groups in total.